The van der Waals surface area contributed by atoms with Gasteiger partial charge in [-0.05, 0) is 47.5 Å². The van der Waals surface area contributed by atoms with Crippen LogP contribution in [0.4, 0.5) is 0 Å². The summed E-state index contributed by atoms with van der Waals surface area (Å²) in [6.07, 6.45) is 0. The largest absolute Gasteiger partial charge is 0.497 e. The maximum absolute atomic E-state index is 13.3. The van der Waals surface area contributed by atoms with Crippen molar-refractivity contribution < 1.29 is 27.5 Å². The Hall–Kier alpha value is -3.07. The highest BCUT2D eigenvalue weighted by Gasteiger charge is 2.44. The summed E-state index contributed by atoms with van der Waals surface area (Å²) >= 11 is 0. The molecule has 0 radical (unpaired) electrons. The van der Waals surface area contributed by atoms with Crippen molar-refractivity contribution in [2.24, 2.45) is 0 Å². The lowest BCUT2D eigenvalue weighted by molar-refractivity contribution is -0.110. The number of hydrogen-bond acceptors (Lipinski definition) is 7. The molecule has 33 heavy (non-hydrogen) atoms. The van der Waals surface area contributed by atoms with Crippen molar-refractivity contribution in [3.8, 4) is 17.2 Å². The van der Waals surface area contributed by atoms with E-state index in [-0.39, 0.29) is 11.5 Å². The molecule has 0 aromatic heterocycles. The van der Waals surface area contributed by atoms with Crippen molar-refractivity contribution in [3.05, 3.63) is 83.9 Å². The summed E-state index contributed by atoms with van der Waals surface area (Å²) in [6.45, 7) is 0.438. The summed E-state index contributed by atoms with van der Waals surface area (Å²) in [4.78, 5) is 5.92. The van der Waals surface area contributed by atoms with E-state index in [0.29, 0.717) is 18.1 Å². The van der Waals surface area contributed by atoms with E-state index in [1.165, 1.54) is 0 Å². The third-order valence-corrected chi connectivity index (χ3v) is 7.86. The van der Waals surface area contributed by atoms with Gasteiger partial charge in [0.25, 0.3) is 0 Å². The van der Waals surface area contributed by atoms with E-state index in [1.54, 1.807) is 62.7 Å². The van der Waals surface area contributed by atoms with Crippen molar-refractivity contribution >= 4 is 9.84 Å². The fourth-order valence-electron chi connectivity index (χ4n) is 3.94. The molecule has 7 nitrogen and oxygen atoms in total. The summed E-state index contributed by atoms with van der Waals surface area (Å²) < 4.78 is 43.3. The highest BCUT2D eigenvalue weighted by atomic mass is 32.2. The lowest BCUT2D eigenvalue weighted by Gasteiger charge is -2.24. The van der Waals surface area contributed by atoms with Crippen LogP contribution < -0.4 is 14.2 Å². The van der Waals surface area contributed by atoms with Gasteiger partial charge in [-0.3, -0.25) is 4.84 Å². The van der Waals surface area contributed by atoms with Crippen molar-refractivity contribution in [1.29, 1.82) is 0 Å². The first-order chi connectivity index (χ1) is 15.9. The lowest BCUT2D eigenvalue weighted by Crippen LogP contribution is -2.31. The van der Waals surface area contributed by atoms with Crippen LogP contribution in [0.5, 0.6) is 17.2 Å². The average Bonchev–Trinajstić information content (AvgIpc) is 3.25. The van der Waals surface area contributed by atoms with Crippen molar-refractivity contribution in [2.75, 3.05) is 27.9 Å². The molecular formula is C25H27NO6S. The molecule has 0 amide bonds. The Balaban J connectivity index is 1.57. The van der Waals surface area contributed by atoms with E-state index < -0.39 is 21.1 Å². The van der Waals surface area contributed by atoms with Crippen LogP contribution in [0.25, 0.3) is 0 Å². The van der Waals surface area contributed by atoms with Gasteiger partial charge in [0.1, 0.15) is 17.6 Å². The zero-order chi connectivity index (χ0) is 23.4. The third kappa shape index (κ3) is 4.83. The SMILES string of the molecule is COc1ccc(COc2ccc([C@H]3[C@@H](S(=O)(=O)c4ccccc4)CON3C)cc2OC)cc1. The highest BCUT2D eigenvalue weighted by molar-refractivity contribution is 7.92. The number of methoxy groups -OCH3 is 2. The minimum atomic E-state index is -3.60. The molecule has 2 atom stereocenters. The number of nitrogens with zero attached hydrogens (tertiary/aromatic N) is 1. The number of hydrogen-bond donors (Lipinski definition) is 0. The Morgan fingerprint density at radius 3 is 2.33 bits per heavy atom. The van der Waals surface area contributed by atoms with Crippen LogP contribution in [0.2, 0.25) is 0 Å². The van der Waals surface area contributed by atoms with Gasteiger partial charge in [-0.25, -0.2) is 8.42 Å². The van der Waals surface area contributed by atoms with Crippen LogP contribution in [-0.4, -0.2) is 46.6 Å². The van der Waals surface area contributed by atoms with Gasteiger partial charge in [0, 0.05) is 7.05 Å². The van der Waals surface area contributed by atoms with Gasteiger partial charge in [0.2, 0.25) is 0 Å². The number of rotatable bonds is 8. The number of hydroxylamine groups is 2. The highest BCUT2D eigenvalue weighted by Crippen LogP contribution is 2.39. The lowest BCUT2D eigenvalue weighted by atomic mass is 10.0. The molecule has 1 heterocycles. The second kappa shape index (κ2) is 9.82. The topological polar surface area (TPSA) is 74.3 Å². The zero-order valence-corrected chi connectivity index (χ0v) is 19.6. The average molecular weight is 470 g/mol. The van der Waals surface area contributed by atoms with Gasteiger partial charge in [-0.2, -0.15) is 5.06 Å². The van der Waals surface area contributed by atoms with Crippen LogP contribution in [0.1, 0.15) is 17.2 Å². The van der Waals surface area contributed by atoms with Crippen LogP contribution in [0.15, 0.2) is 77.7 Å². The van der Waals surface area contributed by atoms with E-state index in [2.05, 4.69) is 0 Å². The summed E-state index contributed by atoms with van der Waals surface area (Å²) in [6, 6.07) is 21.1. The second-order valence-electron chi connectivity index (χ2n) is 7.73. The van der Waals surface area contributed by atoms with Gasteiger partial charge in [-0.1, -0.05) is 36.4 Å². The number of sulfone groups is 1. The van der Waals surface area contributed by atoms with Crippen molar-refractivity contribution in [1.82, 2.24) is 5.06 Å². The predicted octanol–water partition coefficient (Wildman–Crippen LogP) is 4.04. The smallest absolute Gasteiger partial charge is 0.185 e. The number of ether oxygens (including phenoxy) is 3. The van der Waals surface area contributed by atoms with Crippen LogP contribution in [0, 0.1) is 0 Å². The number of benzene rings is 3. The first-order valence-electron chi connectivity index (χ1n) is 10.5. The van der Waals surface area contributed by atoms with Gasteiger partial charge in [0.15, 0.2) is 21.3 Å². The fraction of sp³-hybridized carbons (Fsp3) is 0.280. The predicted molar refractivity (Wildman–Crippen MR) is 124 cm³/mol. The van der Waals surface area contributed by atoms with E-state index in [0.717, 1.165) is 16.9 Å². The van der Waals surface area contributed by atoms with E-state index in [9.17, 15) is 8.42 Å². The summed E-state index contributed by atoms with van der Waals surface area (Å²) in [5.74, 6) is 1.88. The van der Waals surface area contributed by atoms with Gasteiger partial charge in [-0.15, -0.1) is 0 Å². The molecular weight excluding hydrogens is 442 g/mol. The minimum Gasteiger partial charge on any atom is -0.497 e. The van der Waals surface area contributed by atoms with Gasteiger partial charge in [0.05, 0.1) is 31.8 Å². The molecule has 3 aromatic carbocycles. The Morgan fingerprint density at radius 1 is 0.939 bits per heavy atom. The first-order valence-corrected chi connectivity index (χ1v) is 12.1. The monoisotopic (exact) mass is 469 g/mol. The maximum atomic E-state index is 13.3. The van der Waals surface area contributed by atoms with E-state index in [1.807, 2.05) is 36.4 Å². The molecule has 1 aliphatic rings. The molecule has 1 aliphatic heterocycles. The van der Waals surface area contributed by atoms with Crippen LogP contribution in [0.3, 0.4) is 0 Å². The standard InChI is InChI=1S/C25H27NO6S/c1-26-25(24(17-32-26)33(27,28)21-7-5-4-6-8-21)19-11-14-22(23(15-19)30-3)31-16-18-9-12-20(29-2)13-10-18/h4-15,24-25H,16-17H2,1-3H3/t24-,25-/m0/s1. The van der Waals surface area contributed by atoms with Crippen molar-refractivity contribution in [2.45, 2.75) is 22.8 Å². The Bertz CT molecular complexity index is 1180. The maximum Gasteiger partial charge on any atom is 0.185 e. The van der Waals surface area contributed by atoms with E-state index >= 15 is 0 Å². The molecule has 8 heteroatoms. The minimum absolute atomic E-state index is 0.0798. The molecule has 0 unspecified atom stereocenters. The normalized spacial score (nSPS) is 18.8. The molecule has 0 bridgehead atoms. The molecule has 1 saturated heterocycles. The molecule has 3 aromatic rings. The van der Waals surface area contributed by atoms with E-state index in [4.69, 9.17) is 19.0 Å². The molecule has 174 valence electrons. The van der Waals surface area contributed by atoms with Gasteiger partial charge < -0.3 is 14.2 Å². The van der Waals surface area contributed by atoms with Gasteiger partial charge >= 0.3 is 0 Å². The molecule has 4 rings (SSSR count). The summed E-state index contributed by atoms with van der Waals surface area (Å²) in [5, 5.41) is 0.846. The Labute approximate surface area is 194 Å². The van der Waals surface area contributed by atoms with Crippen LogP contribution >= 0.6 is 0 Å². The molecule has 1 fully saturated rings. The molecule has 0 saturated carbocycles. The zero-order valence-electron chi connectivity index (χ0n) is 18.8. The summed E-state index contributed by atoms with van der Waals surface area (Å²) in [7, 11) is 1.33. The quantitative estimate of drug-likeness (QED) is 0.493. The molecule has 0 spiro atoms. The Morgan fingerprint density at radius 2 is 1.67 bits per heavy atom. The molecule has 0 aliphatic carbocycles. The van der Waals surface area contributed by atoms with Crippen molar-refractivity contribution in [3.63, 3.8) is 0 Å². The first kappa shape index (κ1) is 23.1. The Kier molecular flexibility index (Phi) is 6.88. The third-order valence-electron chi connectivity index (χ3n) is 5.74. The van der Waals surface area contributed by atoms with Crippen LogP contribution in [-0.2, 0) is 21.3 Å². The summed E-state index contributed by atoms with van der Waals surface area (Å²) in [5.41, 5.74) is 1.76. The molecule has 0 N–H and O–H groups in total. The fourth-order valence-corrected chi connectivity index (χ4v) is 5.73. The second-order valence-corrected chi connectivity index (χ2v) is 9.90.